The van der Waals surface area contributed by atoms with Gasteiger partial charge >= 0.3 is 6.03 Å². The zero-order chi connectivity index (χ0) is 18.4. The number of para-hydroxylation sites is 2. The standard InChI is InChI=1S/C20H22N4O2/c1-2-26-19-6-4-3-5-18(19)22-20(25)24-13-11-23(12-14-24)17-9-7-16(15-21)8-10-17/h3-10H,2,11-14H2,1H3,(H,22,25). The Kier molecular flexibility index (Phi) is 5.59. The second-order valence-electron chi connectivity index (χ2n) is 5.99. The minimum Gasteiger partial charge on any atom is -0.492 e. The highest BCUT2D eigenvalue weighted by Crippen LogP contribution is 2.24. The van der Waals surface area contributed by atoms with Crippen molar-refractivity contribution in [2.45, 2.75) is 6.92 Å². The second-order valence-corrected chi connectivity index (χ2v) is 5.99. The Morgan fingerprint density at radius 1 is 1.12 bits per heavy atom. The van der Waals surface area contributed by atoms with Crippen molar-refractivity contribution < 1.29 is 9.53 Å². The number of nitriles is 1. The molecule has 0 aliphatic carbocycles. The van der Waals surface area contributed by atoms with Crippen LogP contribution in [-0.4, -0.2) is 43.7 Å². The monoisotopic (exact) mass is 350 g/mol. The fourth-order valence-electron chi connectivity index (χ4n) is 2.96. The maximum Gasteiger partial charge on any atom is 0.322 e. The Bertz CT molecular complexity index is 790. The van der Waals surface area contributed by atoms with Crippen LogP contribution in [0.3, 0.4) is 0 Å². The lowest BCUT2D eigenvalue weighted by Gasteiger charge is -2.36. The van der Waals surface area contributed by atoms with Gasteiger partial charge in [0.1, 0.15) is 5.75 Å². The Hall–Kier alpha value is -3.20. The first-order valence-electron chi connectivity index (χ1n) is 8.74. The van der Waals surface area contributed by atoms with Crippen molar-refractivity contribution in [3.63, 3.8) is 0 Å². The normalized spacial score (nSPS) is 13.8. The number of rotatable bonds is 4. The van der Waals surface area contributed by atoms with Crippen LogP contribution in [0.2, 0.25) is 0 Å². The lowest BCUT2D eigenvalue weighted by molar-refractivity contribution is 0.208. The number of urea groups is 1. The summed E-state index contributed by atoms with van der Waals surface area (Å²) in [6, 6.07) is 17.0. The number of amides is 2. The van der Waals surface area contributed by atoms with Gasteiger partial charge in [0.05, 0.1) is 23.9 Å². The Labute approximate surface area is 153 Å². The van der Waals surface area contributed by atoms with E-state index in [-0.39, 0.29) is 6.03 Å². The number of carbonyl (C=O) groups excluding carboxylic acids is 1. The molecule has 0 unspecified atom stereocenters. The van der Waals surface area contributed by atoms with Crippen LogP contribution in [0.15, 0.2) is 48.5 Å². The van der Waals surface area contributed by atoms with Crippen molar-refractivity contribution in [1.29, 1.82) is 5.26 Å². The van der Waals surface area contributed by atoms with E-state index in [1.807, 2.05) is 60.4 Å². The summed E-state index contributed by atoms with van der Waals surface area (Å²) >= 11 is 0. The lowest BCUT2D eigenvalue weighted by atomic mass is 10.2. The quantitative estimate of drug-likeness (QED) is 0.918. The number of hydrogen-bond acceptors (Lipinski definition) is 4. The third kappa shape index (κ3) is 4.06. The van der Waals surface area contributed by atoms with Crippen LogP contribution < -0.4 is 15.0 Å². The van der Waals surface area contributed by atoms with Gasteiger partial charge in [-0.05, 0) is 43.3 Å². The topological polar surface area (TPSA) is 68.6 Å². The van der Waals surface area contributed by atoms with Crippen molar-refractivity contribution in [3.8, 4) is 11.8 Å². The summed E-state index contributed by atoms with van der Waals surface area (Å²) in [5, 5.41) is 11.8. The average molecular weight is 350 g/mol. The van der Waals surface area contributed by atoms with Crippen LogP contribution in [0.1, 0.15) is 12.5 Å². The molecule has 1 N–H and O–H groups in total. The highest BCUT2D eigenvalue weighted by Gasteiger charge is 2.22. The van der Waals surface area contributed by atoms with E-state index in [1.54, 1.807) is 0 Å². The molecule has 26 heavy (non-hydrogen) atoms. The SMILES string of the molecule is CCOc1ccccc1NC(=O)N1CCN(c2ccc(C#N)cc2)CC1. The smallest absolute Gasteiger partial charge is 0.322 e. The molecule has 2 amide bonds. The number of nitrogens with one attached hydrogen (secondary N) is 1. The van der Waals surface area contributed by atoms with Gasteiger partial charge in [-0.25, -0.2) is 4.79 Å². The number of benzene rings is 2. The van der Waals surface area contributed by atoms with Crippen molar-refractivity contribution in [2.75, 3.05) is 43.0 Å². The van der Waals surface area contributed by atoms with Crippen LogP contribution in [0, 0.1) is 11.3 Å². The predicted octanol–water partition coefficient (Wildman–Crippen LogP) is 3.31. The molecule has 1 aliphatic rings. The van der Waals surface area contributed by atoms with E-state index in [4.69, 9.17) is 10.00 Å². The maximum absolute atomic E-state index is 12.6. The number of anilines is 2. The lowest BCUT2D eigenvalue weighted by Crippen LogP contribution is -2.50. The van der Waals surface area contributed by atoms with Gasteiger partial charge in [0, 0.05) is 31.9 Å². The molecule has 1 fully saturated rings. The van der Waals surface area contributed by atoms with E-state index in [9.17, 15) is 4.79 Å². The number of hydrogen-bond donors (Lipinski definition) is 1. The predicted molar refractivity (Wildman–Crippen MR) is 102 cm³/mol. The number of piperazine rings is 1. The molecular formula is C20H22N4O2. The van der Waals surface area contributed by atoms with Crippen LogP contribution in [-0.2, 0) is 0 Å². The number of nitrogens with zero attached hydrogens (tertiary/aromatic N) is 3. The molecule has 1 saturated heterocycles. The summed E-state index contributed by atoms with van der Waals surface area (Å²) in [6.45, 7) is 5.27. The summed E-state index contributed by atoms with van der Waals surface area (Å²) in [5.74, 6) is 0.680. The van der Waals surface area contributed by atoms with Gasteiger partial charge in [0.2, 0.25) is 0 Å². The van der Waals surface area contributed by atoms with Gasteiger partial charge in [-0.1, -0.05) is 12.1 Å². The molecule has 0 spiro atoms. The molecule has 0 radical (unpaired) electrons. The molecule has 134 valence electrons. The van der Waals surface area contributed by atoms with Gasteiger partial charge in [-0.15, -0.1) is 0 Å². The van der Waals surface area contributed by atoms with Gasteiger partial charge in [0.15, 0.2) is 0 Å². The van der Waals surface area contributed by atoms with Crippen molar-refractivity contribution in [1.82, 2.24) is 4.90 Å². The first kappa shape index (κ1) is 17.6. The highest BCUT2D eigenvalue weighted by atomic mass is 16.5. The van der Waals surface area contributed by atoms with Gasteiger partial charge in [-0.2, -0.15) is 5.26 Å². The van der Waals surface area contributed by atoms with Crippen molar-refractivity contribution in [2.24, 2.45) is 0 Å². The minimum absolute atomic E-state index is 0.114. The zero-order valence-corrected chi connectivity index (χ0v) is 14.8. The van der Waals surface area contributed by atoms with Gasteiger partial charge < -0.3 is 19.9 Å². The third-order valence-electron chi connectivity index (χ3n) is 4.36. The molecule has 3 rings (SSSR count). The molecule has 2 aromatic rings. The fourth-order valence-corrected chi connectivity index (χ4v) is 2.96. The molecule has 6 nitrogen and oxygen atoms in total. The largest absolute Gasteiger partial charge is 0.492 e. The molecule has 2 aromatic carbocycles. The highest BCUT2D eigenvalue weighted by molar-refractivity contribution is 5.91. The Morgan fingerprint density at radius 2 is 1.81 bits per heavy atom. The summed E-state index contributed by atoms with van der Waals surface area (Å²) in [4.78, 5) is 16.6. The van der Waals surface area contributed by atoms with Crippen molar-refractivity contribution >= 4 is 17.4 Å². The molecule has 1 aliphatic heterocycles. The summed E-state index contributed by atoms with van der Waals surface area (Å²) in [7, 11) is 0. The van der Waals surface area contributed by atoms with Crippen LogP contribution >= 0.6 is 0 Å². The molecule has 6 heteroatoms. The van der Waals surface area contributed by atoms with Gasteiger partial charge in [0.25, 0.3) is 0 Å². The molecule has 0 aromatic heterocycles. The first-order chi connectivity index (χ1) is 12.7. The Balaban J connectivity index is 1.57. The van der Waals surface area contributed by atoms with Crippen LogP contribution in [0.4, 0.5) is 16.2 Å². The summed E-state index contributed by atoms with van der Waals surface area (Å²) in [6.07, 6.45) is 0. The first-order valence-corrected chi connectivity index (χ1v) is 8.74. The number of ether oxygens (including phenoxy) is 1. The van der Waals surface area contributed by atoms with Crippen LogP contribution in [0.25, 0.3) is 0 Å². The summed E-state index contributed by atoms with van der Waals surface area (Å²) < 4.78 is 5.55. The van der Waals surface area contributed by atoms with E-state index in [2.05, 4.69) is 16.3 Å². The molecule has 0 bridgehead atoms. The van der Waals surface area contributed by atoms with E-state index >= 15 is 0 Å². The fraction of sp³-hybridized carbons (Fsp3) is 0.300. The van der Waals surface area contributed by atoms with Crippen molar-refractivity contribution in [3.05, 3.63) is 54.1 Å². The zero-order valence-electron chi connectivity index (χ0n) is 14.8. The summed E-state index contributed by atoms with van der Waals surface area (Å²) in [5.41, 5.74) is 2.42. The second kappa shape index (κ2) is 8.26. The third-order valence-corrected chi connectivity index (χ3v) is 4.36. The molecule has 0 saturated carbocycles. The van der Waals surface area contributed by atoms with E-state index in [0.29, 0.717) is 36.7 Å². The van der Waals surface area contributed by atoms with E-state index < -0.39 is 0 Å². The molecule has 1 heterocycles. The average Bonchev–Trinajstić information content (AvgIpc) is 2.70. The molecular weight excluding hydrogens is 328 g/mol. The molecule has 0 atom stereocenters. The Morgan fingerprint density at radius 3 is 2.46 bits per heavy atom. The van der Waals surface area contributed by atoms with E-state index in [1.165, 1.54) is 0 Å². The number of carbonyl (C=O) groups is 1. The maximum atomic E-state index is 12.6. The van der Waals surface area contributed by atoms with E-state index in [0.717, 1.165) is 18.8 Å². The minimum atomic E-state index is -0.114. The van der Waals surface area contributed by atoms with Gasteiger partial charge in [-0.3, -0.25) is 0 Å². The van der Waals surface area contributed by atoms with Crippen LogP contribution in [0.5, 0.6) is 5.75 Å².